The van der Waals surface area contributed by atoms with Gasteiger partial charge in [-0.05, 0) is 36.2 Å². The van der Waals surface area contributed by atoms with Crippen molar-refractivity contribution in [3.63, 3.8) is 0 Å². The monoisotopic (exact) mass is 450 g/mol. The molecule has 0 saturated carbocycles. The third kappa shape index (κ3) is 3.48. The van der Waals surface area contributed by atoms with E-state index in [0.29, 0.717) is 17.1 Å². The number of fused-ring (bicyclic) bond motifs is 2. The molecule has 1 saturated heterocycles. The van der Waals surface area contributed by atoms with Crippen molar-refractivity contribution in [3.05, 3.63) is 53.6 Å². The third-order valence-corrected chi connectivity index (χ3v) is 6.66. The maximum atomic E-state index is 12.9. The number of imide groups is 1. The second-order valence-electron chi connectivity index (χ2n) is 7.61. The minimum absolute atomic E-state index is 0.192. The summed E-state index contributed by atoms with van der Waals surface area (Å²) < 4.78 is 6.43. The highest BCUT2D eigenvalue weighted by atomic mass is 32.1. The average Bonchev–Trinajstić information content (AvgIpc) is 3.35. The van der Waals surface area contributed by atoms with Gasteiger partial charge in [0.25, 0.3) is 5.91 Å². The van der Waals surface area contributed by atoms with Crippen molar-refractivity contribution in [2.45, 2.75) is 25.4 Å². The number of aromatic nitrogens is 1. The molecular formula is C22H18N4O5S. The fourth-order valence-electron chi connectivity index (χ4n) is 3.85. The van der Waals surface area contributed by atoms with Gasteiger partial charge in [-0.1, -0.05) is 29.5 Å². The summed E-state index contributed by atoms with van der Waals surface area (Å²) in [4.78, 5) is 56.3. The molecule has 0 bridgehead atoms. The van der Waals surface area contributed by atoms with Crippen molar-refractivity contribution in [3.8, 4) is 5.75 Å². The highest BCUT2D eigenvalue weighted by Gasteiger charge is 2.39. The topological polar surface area (TPSA) is 109 Å². The quantitative estimate of drug-likeness (QED) is 0.615. The van der Waals surface area contributed by atoms with Gasteiger partial charge in [-0.25, -0.2) is 9.78 Å². The first-order valence-corrected chi connectivity index (χ1v) is 10.8. The lowest BCUT2D eigenvalue weighted by Gasteiger charge is -2.29. The fourth-order valence-corrected chi connectivity index (χ4v) is 4.77. The van der Waals surface area contributed by atoms with Crippen LogP contribution in [0.4, 0.5) is 9.93 Å². The van der Waals surface area contributed by atoms with Gasteiger partial charge in [0, 0.05) is 25.6 Å². The van der Waals surface area contributed by atoms with Crippen LogP contribution in [0.2, 0.25) is 0 Å². The molecule has 1 atom stereocenters. The van der Waals surface area contributed by atoms with Crippen LogP contribution in [0.1, 0.15) is 28.8 Å². The number of hydrogen-bond acceptors (Lipinski definition) is 7. The zero-order valence-corrected chi connectivity index (χ0v) is 17.8. The van der Waals surface area contributed by atoms with Gasteiger partial charge >= 0.3 is 6.09 Å². The summed E-state index contributed by atoms with van der Waals surface area (Å²) in [6, 6.07) is 11.7. The predicted molar refractivity (Wildman–Crippen MR) is 117 cm³/mol. The molecule has 5 rings (SSSR count). The van der Waals surface area contributed by atoms with E-state index in [1.165, 1.54) is 27.2 Å². The van der Waals surface area contributed by atoms with E-state index in [9.17, 15) is 19.2 Å². The molecule has 1 aromatic heterocycles. The summed E-state index contributed by atoms with van der Waals surface area (Å²) in [7, 11) is 1.57. The van der Waals surface area contributed by atoms with Gasteiger partial charge in [-0.3, -0.25) is 24.6 Å². The van der Waals surface area contributed by atoms with E-state index in [1.54, 1.807) is 19.2 Å². The van der Waals surface area contributed by atoms with Gasteiger partial charge in [0.15, 0.2) is 5.13 Å². The van der Waals surface area contributed by atoms with Crippen LogP contribution in [-0.2, 0) is 16.1 Å². The van der Waals surface area contributed by atoms with Crippen LogP contribution in [-0.4, -0.2) is 46.8 Å². The van der Waals surface area contributed by atoms with Crippen LogP contribution >= 0.6 is 11.3 Å². The number of nitrogens with zero attached hydrogens (tertiary/aromatic N) is 3. The maximum absolute atomic E-state index is 12.9. The molecule has 9 nitrogen and oxygen atoms in total. The van der Waals surface area contributed by atoms with Crippen LogP contribution < -0.4 is 15.0 Å². The number of amides is 4. The molecule has 3 aromatic rings. The number of piperidine rings is 1. The van der Waals surface area contributed by atoms with Gasteiger partial charge in [-0.15, -0.1) is 0 Å². The first kappa shape index (κ1) is 20.1. The number of para-hydroxylation sites is 1. The zero-order chi connectivity index (χ0) is 22.4. The number of hydrogen-bond donors (Lipinski definition) is 1. The molecule has 1 fully saturated rings. The summed E-state index contributed by atoms with van der Waals surface area (Å²) in [5.41, 5.74) is 1.91. The summed E-state index contributed by atoms with van der Waals surface area (Å²) in [5, 5.41) is 2.77. The SMILES string of the molecule is CN(C(=O)Oc1ccc2c(c1)C(=O)N(C1CCC(=O)NC1=O)C2)c1nc2ccccc2s1. The van der Waals surface area contributed by atoms with E-state index < -0.39 is 18.0 Å². The lowest BCUT2D eigenvalue weighted by molar-refractivity contribution is -0.136. The molecule has 32 heavy (non-hydrogen) atoms. The molecule has 10 heteroatoms. The number of carbonyl (C=O) groups excluding carboxylic acids is 4. The highest BCUT2D eigenvalue weighted by Crippen LogP contribution is 2.31. The van der Waals surface area contributed by atoms with E-state index in [2.05, 4.69) is 10.3 Å². The van der Waals surface area contributed by atoms with E-state index in [-0.39, 0.29) is 30.5 Å². The van der Waals surface area contributed by atoms with Crippen LogP contribution in [0.15, 0.2) is 42.5 Å². The second-order valence-corrected chi connectivity index (χ2v) is 8.62. The Labute approximate surface area is 186 Å². The Kier molecular flexibility index (Phi) is 4.86. The number of carbonyl (C=O) groups is 4. The summed E-state index contributed by atoms with van der Waals surface area (Å²) >= 11 is 1.37. The molecule has 3 heterocycles. The molecule has 2 aliphatic heterocycles. The van der Waals surface area contributed by atoms with E-state index in [1.807, 2.05) is 24.3 Å². The fraction of sp³-hybridized carbons (Fsp3) is 0.227. The number of anilines is 1. The Morgan fingerprint density at radius 1 is 1.22 bits per heavy atom. The van der Waals surface area contributed by atoms with Crippen molar-refractivity contribution in [1.29, 1.82) is 0 Å². The van der Waals surface area contributed by atoms with E-state index in [0.717, 1.165) is 15.8 Å². The molecule has 0 spiro atoms. The molecule has 2 aliphatic rings. The molecule has 0 aliphatic carbocycles. The highest BCUT2D eigenvalue weighted by molar-refractivity contribution is 7.22. The number of rotatable bonds is 3. The molecule has 1 N–H and O–H groups in total. The van der Waals surface area contributed by atoms with Gasteiger partial charge in [0.05, 0.1) is 10.2 Å². The standard InChI is InChI=1S/C22H18N4O5S/c1-25(21-23-15-4-2-3-5-17(15)32-21)22(30)31-13-7-6-12-11-26(20(29)14(12)10-13)16-8-9-18(27)24-19(16)28/h2-7,10,16H,8-9,11H2,1H3,(H,24,27,28). The number of nitrogens with one attached hydrogen (secondary N) is 1. The van der Waals surface area contributed by atoms with Crippen molar-refractivity contribution in [1.82, 2.24) is 15.2 Å². The van der Waals surface area contributed by atoms with E-state index >= 15 is 0 Å². The summed E-state index contributed by atoms with van der Waals surface area (Å²) in [6.45, 7) is 0.264. The minimum Gasteiger partial charge on any atom is -0.410 e. The molecule has 0 radical (unpaired) electrons. The largest absolute Gasteiger partial charge is 0.421 e. The number of thiazole rings is 1. The number of ether oxygens (including phenoxy) is 1. The lowest BCUT2D eigenvalue weighted by Crippen LogP contribution is -2.52. The third-order valence-electron chi connectivity index (χ3n) is 5.55. The van der Waals surface area contributed by atoms with E-state index in [4.69, 9.17) is 4.74 Å². The Bertz CT molecular complexity index is 1250. The van der Waals surface area contributed by atoms with Gasteiger partial charge < -0.3 is 9.64 Å². The molecule has 1 unspecified atom stereocenters. The van der Waals surface area contributed by atoms with Crippen LogP contribution in [0, 0.1) is 0 Å². The lowest BCUT2D eigenvalue weighted by atomic mass is 10.0. The van der Waals surface area contributed by atoms with Crippen molar-refractivity contribution in [2.24, 2.45) is 0 Å². The summed E-state index contributed by atoms with van der Waals surface area (Å²) in [5.74, 6) is -0.902. The van der Waals surface area contributed by atoms with Gasteiger partial charge in [0.1, 0.15) is 11.8 Å². The molecule has 4 amide bonds. The van der Waals surface area contributed by atoms with Crippen molar-refractivity contribution in [2.75, 3.05) is 11.9 Å². The zero-order valence-electron chi connectivity index (χ0n) is 17.0. The van der Waals surface area contributed by atoms with Gasteiger partial charge in [-0.2, -0.15) is 0 Å². The van der Waals surface area contributed by atoms with Crippen LogP contribution in [0.5, 0.6) is 5.75 Å². The molecular weight excluding hydrogens is 432 g/mol. The van der Waals surface area contributed by atoms with Crippen molar-refractivity contribution < 1.29 is 23.9 Å². The Morgan fingerprint density at radius 3 is 2.81 bits per heavy atom. The average molecular weight is 450 g/mol. The normalized spacial score (nSPS) is 18.0. The second kappa shape index (κ2) is 7.72. The summed E-state index contributed by atoms with van der Waals surface area (Å²) in [6.07, 6.45) is -0.145. The Hall–Kier alpha value is -3.79. The number of benzene rings is 2. The predicted octanol–water partition coefficient (Wildman–Crippen LogP) is 2.69. The Balaban J connectivity index is 1.31. The van der Waals surface area contributed by atoms with Gasteiger partial charge in [0.2, 0.25) is 11.8 Å². The Morgan fingerprint density at radius 2 is 2.03 bits per heavy atom. The molecule has 162 valence electrons. The first-order chi connectivity index (χ1) is 15.4. The first-order valence-electron chi connectivity index (χ1n) is 9.99. The smallest absolute Gasteiger partial charge is 0.410 e. The van der Waals surface area contributed by atoms with Crippen LogP contribution in [0.3, 0.4) is 0 Å². The molecule has 2 aromatic carbocycles. The minimum atomic E-state index is -0.691. The van der Waals surface area contributed by atoms with Crippen molar-refractivity contribution >= 4 is 50.5 Å². The van der Waals surface area contributed by atoms with Crippen LogP contribution in [0.25, 0.3) is 10.2 Å². The maximum Gasteiger partial charge on any atom is 0.421 e.